The van der Waals surface area contributed by atoms with E-state index in [2.05, 4.69) is 16.0 Å². The molecule has 1 atom stereocenters. The van der Waals surface area contributed by atoms with Crippen LogP contribution in [-0.2, 0) is 9.59 Å². The first-order chi connectivity index (χ1) is 11.3. The molecule has 1 rings (SSSR count). The Labute approximate surface area is 139 Å². The second-order valence-electron chi connectivity index (χ2n) is 5.59. The summed E-state index contributed by atoms with van der Waals surface area (Å²) in [4.78, 5) is 46.3. The molecule has 0 radical (unpaired) electrons. The van der Waals surface area contributed by atoms with Crippen LogP contribution in [0.5, 0.6) is 0 Å². The van der Waals surface area contributed by atoms with Crippen molar-refractivity contribution in [2.24, 2.45) is 5.92 Å². The number of aliphatic carboxylic acids is 1. The fourth-order valence-corrected chi connectivity index (χ4v) is 1.95. The van der Waals surface area contributed by atoms with E-state index in [0.29, 0.717) is 12.0 Å². The number of carbonyl (C=O) groups excluding carboxylic acids is 3. The maximum atomic E-state index is 12.0. The molecule has 8 nitrogen and oxygen atoms in total. The summed E-state index contributed by atoms with van der Waals surface area (Å²) in [5, 5.41) is 15.3. The van der Waals surface area contributed by atoms with Crippen molar-refractivity contribution in [1.29, 1.82) is 0 Å². The first-order valence-corrected chi connectivity index (χ1v) is 7.46. The van der Waals surface area contributed by atoms with Gasteiger partial charge in [0.1, 0.15) is 12.6 Å². The average molecular weight is 335 g/mol. The predicted octanol–water partition coefficient (Wildman–Crippen LogP) is 0.742. The third kappa shape index (κ3) is 6.91. The first kappa shape index (κ1) is 19.1. The van der Waals surface area contributed by atoms with E-state index in [9.17, 15) is 19.2 Å². The van der Waals surface area contributed by atoms with Gasteiger partial charge in [-0.3, -0.25) is 19.7 Å². The van der Waals surface area contributed by atoms with Crippen LogP contribution in [0.1, 0.15) is 30.6 Å². The molecule has 1 aromatic carbocycles. The Morgan fingerprint density at radius 1 is 1.08 bits per heavy atom. The number of rotatable bonds is 7. The highest BCUT2D eigenvalue weighted by Gasteiger charge is 2.23. The quantitative estimate of drug-likeness (QED) is 0.585. The molecule has 4 amide bonds. The van der Waals surface area contributed by atoms with Crippen LogP contribution in [0.25, 0.3) is 0 Å². The summed E-state index contributed by atoms with van der Waals surface area (Å²) in [5.41, 5.74) is 0.309. The summed E-state index contributed by atoms with van der Waals surface area (Å²) in [5.74, 6) is -2.32. The Bertz CT molecular complexity index is 601. The van der Waals surface area contributed by atoms with Crippen LogP contribution in [0, 0.1) is 5.92 Å². The molecule has 1 aromatic rings. The molecule has 0 saturated carbocycles. The minimum Gasteiger partial charge on any atom is -0.480 e. The van der Waals surface area contributed by atoms with E-state index in [1.54, 1.807) is 30.3 Å². The molecule has 0 aliphatic heterocycles. The number of carboxylic acids is 1. The molecule has 0 spiro atoms. The maximum Gasteiger partial charge on any atom is 0.322 e. The van der Waals surface area contributed by atoms with Crippen LogP contribution in [-0.4, -0.2) is 41.5 Å². The third-order valence-corrected chi connectivity index (χ3v) is 3.01. The van der Waals surface area contributed by atoms with Gasteiger partial charge in [0.15, 0.2) is 0 Å². The van der Waals surface area contributed by atoms with Gasteiger partial charge in [-0.1, -0.05) is 32.0 Å². The summed E-state index contributed by atoms with van der Waals surface area (Å²) in [7, 11) is 0. The molecule has 0 unspecified atom stereocenters. The number of benzene rings is 1. The molecule has 8 heteroatoms. The molecule has 0 fully saturated rings. The van der Waals surface area contributed by atoms with Gasteiger partial charge in [-0.2, -0.15) is 0 Å². The number of urea groups is 1. The van der Waals surface area contributed by atoms with E-state index in [-0.39, 0.29) is 5.92 Å². The topological polar surface area (TPSA) is 125 Å². The Kier molecular flexibility index (Phi) is 7.41. The summed E-state index contributed by atoms with van der Waals surface area (Å²) >= 11 is 0. The molecule has 24 heavy (non-hydrogen) atoms. The molecule has 0 saturated heterocycles. The van der Waals surface area contributed by atoms with Crippen molar-refractivity contribution in [2.75, 3.05) is 6.54 Å². The van der Waals surface area contributed by atoms with Crippen LogP contribution in [0.2, 0.25) is 0 Å². The van der Waals surface area contributed by atoms with E-state index < -0.39 is 36.4 Å². The van der Waals surface area contributed by atoms with Gasteiger partial charge >= 0.3 is 12.0 Å². The van der Waals surface area contributed by atoms with Crippen LogP contribution in [0.4, 0.5) is 4.79 Å². The average Bonchev–Trinajstić information content (AvgIpc) is 2.52. The predicted molar refractivity (Wildman–Crippen MR) is 86.3 cm³/mol. The normalized spacial score (nSPS) is 11.5. The molecular weight excluding hydrogens is 314 g/mol. The van der Waals surface area contributed by atoms with Crippen molar-refractivity contribution in [2.45, 2.75) is 26.3 Å². The zero-order valence-electron chi connectivity index (χ0n) is 13.5. The number of carbonyl (C=O) groups is 4. The van der Waals surface area contributed by atoms with Gasteiger partial charge in [0.2, 0.25) is 5.91 Å². The monoisotopic (exact) mass is 335 g/mol. The lowest BCUT2D eigenvalue weighted by Crippen LogP contribution is -2.52. The van der Waals surface area contributed by atoms with E-state index in [1.165, 1.54) is 0 Å². The Morgan fingerprint density at radius 2 is 1.71 bits per heavy atom. The highest BCUT2D eigenvalue weighted by atomic mass is 16.4. The summed E-state index contributed by atoms with van der Waals surface area (Å²) in [6.45, 7) is 3.16. The lowest BCUT2D eigenvalue weighted by Gasteiger charge is -2.19. The number of hydrogen-bond acceptors (Lipinski definition) is 4. The number of hydrogen-bond donors (Lipinski definition) is 4. The molecule has 0 aliphatic carbocycles. The minimum absolute atomic E-state index is 0.0794. The number of imide groups is 1. The Morgan fingerprint density at radius 3 is 2.25 bits per heavy atom. The molecular formula is C16H21N3O5. The third-order valence-electron chi connectivity index (χ3n) is 3.01. The lowest BCUT2D eigenvalue weighted by atomic mass is 10.0. The second kappa shape index (κ2) is 9.29. The molecule has 0 heterocycles. The molecule has 130 valence electrons. The van der Waals surface area contributed by atoms with Crippen molar-refractivity contribution >= 4 is 23.8 Å². The van der Waals surface area contributed by atoms with Gasteiger partial charge in [-0.15, -0.1) is 0 Å². The fourth-order valence-electron chi connectivity index (χ4n) is 1.95. The highest BCUT2D eigenvalue weighted by Crippen LogP contribution is 2.05. The van der Waals surface area contributed by atoms with Crippen molar-refractivity contribution < 1.29 is 24.3 Å². The highest BCUT2D eigenvalue weighted by molar-refractivity contribution is 6.04. The SMILES string of the molecule is CC(C)C[C@H](NC(=O)NC(=O)c1ccccc1)C(=O)NCC(=O)O. The Hall–Kier alpha value is -2.90. The summed E-state index contributed by atoms with van der Waals surface area (Å²) < 4.78 is 0. The van der Waals surface area contributed by atoms with Crippen LogP contribution in [0.15, 0.2) is 30.3 Å². The summed E-state index contributed by atoms with van der Waals surface area (Å²) in [6.07, 6.45) is 0.304. The van der Waals surface area contributed by atoms with E-state index in [0.717, 1.165) is 0 Å². The largest absolute Gasteiger partial charge is 0.480 e. The first-order valence-electron chi connectivity index (χ1n) is 7.46. The van der Waals surface area contributed by atoms with Gasteiger partial charge in [0.25, 0.3) is 5.91 Å². The summed E-state index contributed by atoms with van der Waals surface area (Å²) in [6, 6.07) is 6.40. The second-order valence-corrected chi connectivity index (χ2v) is 5.59. The lowest BCUT2D eigenvalue weighted by molar-refractivity contribution is -0.138. The number of nitrogens with one attached hydrogen (secondary N) is 3. The maximum absolute atomic E-state index is 12.0. The van der Waals surface area contributed by atoms with Crippen LogP contribution >= 0.6 is 0 Å². The van der Waals surface area contributed by atoms with E-state index in [1.807, 2.05) is 13.8 Å². The molecule has 0 aromatic heterocycles. The number of carboxylic acid groups (broad SMARTS) is 1. The van der Waals surface area contributed by atoms with Gasteiger partial charge in [-0.25, -0.2) is 4.79 Å². The zero-order valence-corrected chi connectivity index (χ0v) is 13.5. The van der Waals surface area contributed by atoms with E-state index >= 15 is 0 Å². The minimum atomic E-state index is -1.18. The van der Waals surface area contributed by atoms with Crippen molar-refractivity contribution in [3.63, 3.8) is 0 Å². The van der Waals surface area contributed by atoms with Crippen molar-refractivity contribution in [3.8, 4) is 0 Å². The van der Waals surface area contributed by atoms with Crippen LogP contribution < -0.4 is 16.0 Å². The smallest absolute Gasteiger partial charge is 0.322 e. The standard InChI is InChI=1S/C16H21N3O5/c1-10(2)8-12(15(23)17-9-13(20)21)18-16(24)19-14(22)11-6-4-3-5-7-11/h3-7,10,12H,8-9H2,1-2H3,(H,17,23)(H,20,21)(H2,18,19,22,24)/t12-/m0/s1. The van der Waals surface area contributed by atoms with Gasteiger partial charge in [0, 0.05) is 5.56 Å². The molecule has 0 aliphatic rings. The van der Waals surface area contributed by atoms with Gasteiger partial charge in [0.05, 0.1) is 0 Å². The van der Waals surface area contributed by atoms with Gasteiger partial charge in [-0.05, 0) is 24.5 Å². The van der Waals surface area contributed by atoms with Gasteiger partial charge < -0.3 is 15.7 Å². The van der Waals surface area contributed by atoms with Crippen molar-refractivity contribution in [3.05, 3.63) is 35.9 Å². The fraction of sp³-hybridized carbons (Fsp3) is 0.375. The zero-order chi connectivity index (χ0) is 18.1. The Balaban J connectivity index is 2.64. The van der Waals surface area contributed by atoms with E-state index in [4.69, 9.17) is 5.11 Å². The van der Waals surface area contributed by atoms with Crippen LogP contribution in [0.3, 0.4) is 0 Å². The van der Waals surface area contributed by atoms with Crippen molar-refractivity contribution in [1.82, 2.24) is 16.0 Å². The molecule has 0 bridgehead atoms. The number of amides is 4. The molecule has 4 N–H and O–H groups in total.